The van der Waals surface area contributed by atoms with Gasteiger partial charge in [-0.2, -0.15) is 0 Å². The van der Waals surface area contributed by atoms with Gasteiger partial charge in [0.2, 0.25) is 0 Å². The number of carbonyl (C=O) groups excluding carboxylic acids is 1. The Balaban J connectivity index is 1.45. The largest absolute Gasteiger partial charge is 0.349 e. The Labute approximate surface area is 171 Å². The van der Waals surface area contributed by atoms with Crippen LogP contribution in [0.4, 0.5) is 4.39 Å². The molecule has 3 heterocycles. The number of para-hydroxylation sites is 1. The number of hydrogen-bond donors (Lipinski definition) is 1. The number of imidazole rings is 1. The fourth-order valence-corrected chi connectivity index (χ4v) is 3.18. The third-order valence-corrected chi connectivity index (χ3v) is 4.93. The summed E-state index contributed by atoms with van der Waals surface area (Å²) in [6, 6.07) is 10.2. The molecule has 3 aromatic heterocycles. The lowest BCUT2D eigenvalue weighted by atomic mass is 10.2. The van der Waals surface area contributed by atoms with E-state index in [4.69, 9.17) is 0 Å². The van der Waals surface area contributed by atoms with Crippen LogP contribution < -0.4 is 5.32 Å². The minimum absolute atomic E-state index is 0.113. The van der Waals surface area contributed by atoms with Crippen LogP contribution in [0, 0.1) is 12.7 Å². The monoisotopic (exact) mass is 403 g/mol. The number of rotatable bonds is 5. The molecule has 5 rings (SSSR count). The van der Waals surface area contributed by atoms with Crippen molar-refractivity contribution in [3.05, 3.63) is 72.2 Å². The number of pyridine rings is 1. The molecule has 1 aliphatic carbocycles. The standard InChI is InChI=1S/C21H18FN7O/c1-13-20(29(27-26-13)18-5-3-2-4-16(18)22)17-11-28(12-24-17)19-9-6-14(10-23-19)21(30)25-15-7-8-15/h2-6,9-12,15H,7-8H2,1H3,(H,25,30). The maximum Gasteiger partial charge on any atom is 0.253 e. The van der Waals surface area contributed by atoms with E-state index in [9.17, 15) is 9.18 Å². The number of hydrogen-bond acceptors (Lipinski definition) is 5. The lowest BCUT2D eigenvalue weighted by Crippen LogP contribution is -2.25. The van der Waals surface area contributed by atoms with Crippen molar-refractivity contribution >= 4 is 5.91 Å². The molecular formula is C21H18FN7O. The van der Waals surface area contributed by atoms with E-state index < -0.39 is 5.82 Å². The summed E-state index contributed by atoms with van der Waals surface area (Å²) in [4.78, 5) is 20.9. The van der Waals surface area contributed by atoms with Gasteiger partial charge in [0.25, 0.3) is 5.91 Å². The molecule has 1 saturated carbocycles. The minimum atomic E-state index is -0.398. The molecule has 0 radical (unpaired) electrons. The molecule has 1 fully saturated rings. The fourth-order valence-electron chi connectivity index (χ4n) is 3.18. The maximum absolute atomic E-state index is 14.3. The van der Waals surface area contributed by atoms with E-state index in [1.54, 1.807) is 60.5 Å². The van der Waals surface area contributed by atoms with Gasteiger partial charge in [-0.25, -0.2) is 19.0 Å². The number of aryl methyl sites for hydroxylation is 1. The SMILES string of the molecule is Cc1nnn(-c2ccccc2F)c1-c1cn(-c2ccc(C(=O)NC3CC3)cn2)cn1. The number of carbonyl (C=O) groups is 1. The van der Waals surface area contributed by atoms with E-state index in [2.05, 4.69) is 25.6 Å². The predicted molar refractivity (Wildman–Crippen MR) is 107 cm³/mol. The van der Waals surface area contributed by atoms with Crippen LogP contribution in [0.25, 0.3) is 22.9 Å². The number of nitrogens with zero attached hydrogens (tertiary/aromatic N) is 6. The molecule has 0 spiro atoms. The number of amides is 1. The van der Waals surface area contributed by atoms with Crippen molar-refractivity contribution in [2.24, 2.45) is 0 Å². The van der Waals surface area contributed by atoms with E-state index in [1.165, 1.54) is 10.7 Å². The second-order valence-corrected chi connectivity index (χ2v) is 7.21. The molecule has 8 nitrogen and oxygen atoms in total. The first-order valence-electron chi connectivity index (χ1n) is 9.59. The number of nitrogens with one attached hydrogen (secondary N) is 1. The third kappa shape index (κ3) is 3.34. The predicted octanol–water partition coefficient (Wildman–Crippen LogP) is 2.85. The second-order valence-electron chi connectivity index (χ2n) is 7.21. The van der Waals surface area contributed by atoms with Crippen molar-refractivity contribution in [3.63, 3.8) is 0 Å². The van der Waals surface area contributed by atoms with E-state index in [0.717, 1.165) is 12.8 Å². The Morgan fingerprint density at radius 2 is 2.00 bits per heavy atom. The second kappa shape index (κ2) is 7.18. The first kappa shape index (κ1) is 18.2. The van der Waals surface area contributed by atoms with Crippen LogP contribution in [0.2, 0.25) is 0 Å². The summed E-state index contributed by atoms with van der Waals surface area (Å²) in [5.41, 5.74) is 2.62. The molecule has 9 heteroatoms. The topological polar surface area (TPSA) is 90.5 Å². The number of benzene rings is 1. The molecule has 1 amide bonds. The summed E-state index contributed by atoms with van der Waals surface area (Å²) >= 11 is 0. The molecule has 150 valence electrons. The van der Waals surface area contributed by atoms with Crippen molar-refractivity contribution in [1.82, 2.24) is 34.8 Å². The Morgan fingerprint density at radius 1 is 1.17 bits per heavy atom. The Kier molecular flexibility index (Phi) is 4.35. The van der Waals surface area contributed by atoms with Crippen LogP contribution in [0.1, 0.15) is 28.9 Å². The van der Waals surface area contributed by atoms with Gasteiger partial charge in [0.15, 0.2) is 0 Å². The zero-order valence-electron chi connectivity index (χ0n) is 16.2. The van der Waals surface area contributed by atoms with Crippen LogP contribution >= 0.6 is 0 Å². The van der Waals surface area contributed by atoms with Gasteiger partial charge in [-0.05, 0) is 44.0 Å². The molecule has 0 unspecified atom stereocenters. The Bertz CT molecular complexity index is 1220. The first-order chi connectivity index (χ1) is 14.6. The first-order valence-corrected chi connectivity index (χ1v) is 9.59. The lowest BCUT2D eigenvalue weighted by molar-refractivity contribution is 0.0950. The molecule has 0 saturated heterocycles. The van der Waals surface area contributed by atoms with Crippen LogP contribution in [-0.2, 0) is 0 Å². The summed E-state index contributed by atoms with van der Waals surface area (Å²) in [5.74, 6) is 0.0995. The van der Waals surface area contributed by atoms with Crippen molar-refractivity contribution in [2.45, 2.75) is 25.8 Å². The highest BCUT2D eigenvalue weighted by Gasteiger charge is 2.24. The van der Waals surface area contributed by atoms with Crippen molar-refractivity contribution < 1.29 is 9.18 Å². The molecule has 0 atom stereocenters. The van der Waals surface area contributed by atoms with E-state index in [-0.39, 0.29) is 5.91 Å². The van der Waals surface area contributed by atoms with Crippen molar-refractivity contribution in [2.75, 3.05) is 0 Å². The van der Waals surface area contributed by atoms with Gasteiger partial charge in [0, 0.05) is 18.4 Å². The summed E-state index contributed by atoms with van der Waals surface area (Å²) in [7, 11) is 0. The zero-order chi connectivity index (χ0) is 20.7. The lowest BCUT2D eigenvalue weighted by Gasteiger charge is -2.06. The molecule has 0 aliphatic heterocycles. The molecule has 30 heavy (non-hydrogen) atoms. The summed E-state index contributed by atoms with van der Waals surface area (Å²) in [5, 5.41) is 11.1. The average molecular weight is 403 g/mol. The van der Waals surface area contributed by atoms with Gasteiger partial charge in [-0.15, -0.1) is 5.10 Å². The minimum Gasteiger partial charge on any atom is -0.349 e. The summed E-state index contributed by atoms with van der Waals surface area (Å²) in [6.07, 6.45) is 7.00. The van der Waals surface area contributed by atoms with E-state index >= 15 is 0 Å². The van der Waals surface area contributed by atoms with Crippen molar-refractivity contribution in [3.8, 4) is 22.9 Å². The fraction of sp³-hybridized carbons (Fsp3) is 0.190. The van der Waals surface area contributed by atoms with Gasteiger partial charge >= 0.3 is 0 Å². The Hall–Kier alpha value is -3.88. The third-order valence-electron chi connectivity index (χ3n) is 4.93. The highest BCUT2D eigenvalue weighted by Crippen LogP contribution is 2.25. The van der Waals surface area contributed by atoms with E-state index in [0.29, 0.717) is 40.2 Å². The van der Waals surface area contributed by atoms with Gasteiger partial charge in [0.1, 0.15) is 35.0 Å². The zero-order valence-corrected chi connectivity index (χ0v) is 16.2. The van der Waals surface area contributed by atoms with Crippen LogP contribution in [0.3, 0.4) is 0 Å². The normalized spacial score (nSPS) is 13.4. The van der Waals surface area contributed by atoms with Crippen LogP contribution in [-0.4, -0.2) is 41.5 Å². The molecule has 0 bridgehead atoms. The van der Waals surface area contributed by atoms with Gasteiger partial charge in [0.05, 0.1) is 11.3 Å². The highest BCUT2D eigenvalue weighted by atomic mass is 19.1. The smallest absolute Gasteiger partial charge is 0.253 e. The van der Waals surface area contributed by atoms with Gasteiger partial charge in [-0.1, -0.05) is 17.3 Å². The summed E-state index contributed by atoms with van der Waals surface area (Å²) in [6.45, 7) is 1.80. The van der Waals surface area contributed by atoms with Crippen LogP contribution in [0.15, 0.2) is 55.1 Å². The highest BCUT2D eigenvalue weighted by molar-refractivity contribution is 5.94. The van der Waals surface area contributed by atoms with Crippen LogP contribution in [0.5, 0.6) is 0 Å². The quantitative estimate of drug-likeness (QED) is 0.553. The Morgan fingerprint density at radius 3 is 2.73 bits per heavy atom. The van der Waals surface area contributed by atoms with E-state index in [1.807, 2.05) is 0 Å². The summed E-state index contributed by atoms with van der Waals surface area (Å²) < 4.78 is 17.5. The number of halogens is 1. The molecule has 4 aromatic rings. The van der Waals surface area contributed by atoms with Gasteiger partial charge < -0.3 is 5.32 Å². The molecule has 1 aromatic carbocycles. The van der Waals surface area contributed by atoms with Gasteiger partial charge in [-0.3, -0.25) is 9.36 Å². The average Bonchev–Trinajstić information content (AvgIpc) is 3.29. The molecular weight excluding hydrogens is 385 g/mol. The van der Waals surface area contributed by atoms with Crippen molar-refractivity contribution in [1.29, 1.82) is 0 Å². The molecule has 1 N–H and O–H groups in total. The maximum atomic E-state index is 14.3. The number of aromatic nitrogens is 6. The molecule has 1 aliphatic rings.